The van der Waals surface area contributed by atoms with Gasteiger partial charge in [0.15, 0.2) is 0 Å². The third-order valence-corrected chi connectivity index (χ3v) is 4.52. The fourth-order valence-electron chi connectivity index (χ4n) is 2.58. The predicted octanol–water partition coefficient (Wildman–Crippen LogP) is 1.77. The molecule has 2 aromatic rings. The molecule has 0 spiro atoms. The SMILES string of the molecule is CC(C(F)F)N(N)/C=C(\N)C(=O)NCc1nc2ccc(CNC(=O)CCC(F)(F)F)cc2[nH]1. The highest BCUT2D eigenvalue weighted by molar-refractivity contribution is 5.92. The number of imidazole rings is 1. The maximum Gasteiger partial charge on any atom is 0.389 e. The number of carbonyl (C=O) groups is 2. The van der Waals surface area contributed by atoms with Crippen molar-refractivity contribution in [3.8, 4) is 0 Å². The molecule has 1 heterocycles. The average molecular weight is 477 g/mol. The van der Waals surface area contributed by atoms with Gasteiger partial charge in [-0.1, -0.05) is 6.07 Å². The van der Waals surface area contributed by atoms with Crippen LogP contribution in [-0.4, -0.2) is 45.4 Å². The molecule has 0 radical (unpaired) electrons. The summed E-state index contributed by atoms with van der Waals surface area (Å²) in [6.07, 6.45) is -8.07. The molecular weight excluding hydrogens is 453 g/mol. The molecule has 182 valence electrons. The zero-order valence-electron chi connectivity index (χ0n) is 17.5. The van der Waals surface area contributed by atoms with Crippen LogP contribution in [0, 0.1) is 0 Å². The minimum absolute atomic E-state index is 0.0334. The van der Waals surface area contributed by atoms with Gasteiger partial charge >= 0.3 is 6.18 Å². The van der Waals surface area contributed by atoms with E-state index >= 15 is 0 Å². The van der Waals surface area contributed by atoms with Crippen molar-refractivity contribution in [2.45, 2.75) is 51.5 Å². The van der Waals surface area contributed by atoms with Gasteiger partial charge in [0, 0.05) is 19.2 Å². The van der Waals surface area contributed by atoms with Gasteiger partial charge in [0.25, 0.3) is 12.3 Å². The monoisotopic (exact) mass is 477 g/mol. The minimum atomic E-state index is -4.40. The number of alkyl halides is 5. The molecule has 1 unspecified atom stereocenters. The van der Waals surface area contributed by atoms with E-state index in [1.807, 2.05) is 0 Å². The Bertz CT molecular complexity index is 1010. The molecule has 2 rings (SSSR count). The minimum Gasteiger partial charge on any atom is -0.393 e. The van der Waals surface area contributed by atoms with Gasteiger partial charge in [0.2, 0.25) is 5.91 Å². The smallest absolute Gasteiger partial charge is 0.389 e. The van der Waals surface area contributed by atoms with Crippen LogP contribution >= 0.6 is 0 Å². The van der Waals surface area contributed by atoms with Gasteiger partial charge in [-0.3, -0.25) is 9.59 Å². The zero-order chi connectivity index (χ0) is 24.8. The Kier molecular flexibility index (Phi) is 8.56. The highest BCUT2D eigenvalue weighted by atomic mass is 19.4. The van der Waals surface area contributed by atoms with Gasteiger partial charge in [-0.15, -0.1) is 0 Å². The first-order chi connectivity index (χ1) is 15.4. The molecule has 0 fully saturated rings. The van der Waals surface area contributed by atoms with E-state index in [9.17, 15) is 31.5 Å². The van der Waals surface area contributed by atoms with Gasteiger partial charge in [-0.2, -0.15) is 13.2 Å². The van der Waals surface area contributed by atoms with Crippen LogP contribution < -0.4 is 22.2 Å². The summed E-state index contributed by atoms with van der Waals surface area (Å²) in [5.74, 6) is 4.34. The summed E-state index contributed by atoms with van der Waals surface area (Å²) in [6.45, 7) is 1.15. The standard InChI is InChI=1S/C19H24F5N7O2/c1-10(17(20)21)31(26)9-12(25)18(33)28-8-15-29-13-3-2-11(6-14(13)30-15)7-27-16(32)4-5-19(22,23)24/h2-3,6,9-10,17H,4-5,7-8,25-26H2,1H3,(H,27,32)(H,28,33)(H,29,30)/b12-9-. The Morgan fingerprint density at radius 1 is 1.24 bits per heavy atom. The van der Waals surface area contributed by atoms with E-state index in [0.717, 1.165) is 6.20 Å². The van der Waals surface area contributed by atoms with E-state index in [0.29, 0.717) is 27.4 Å². The molecule has 0 saturated heterocycles. The molecule has 14 heteroatoms. The summed E-state index contributed by atoms with van der Waals surface area (Å²) in [7, 11) is 0. The fraction of sp³-hybridized carbons (Fsp3) is 0.421. The van der Waals surface area contributed by atoms with Gasteiger partial charge < -0.3 is 26.4 Å². The van der Waals surface area contributed by atoms with Crippen molar-refractivity contribution in [2.75, 3.05) is 0 Å². The number of fused-ring (bicyclic) bond motifs is 1. The Morgan fingerprint density at radius 3 is 2.58 bits per heavy atom. The number of aromatic nitrogens is 2. The molecule has 2 amide bonds. The molecule has 1 aromatic heterocycles. The number of hydrogen-bond acceptors (Lipinski definition) is 6. The number of rotatable bonds is 10. The topological polar surface area (TPSA) is 142 Å². The van der Waals surface area contributed by atoms with Crippen molar-refractivity contribution in [3.63, 3.8) is 0 Å². The van der Waals surface area contributed by atoms with Crippen LogP contribution in [0.2, 0.25) is 0 Å². The average Bonchev–Trinajstić information content (AvgIpc) is 3.15. The molecule has 0 bridgehead atoms. The second-order valence-electron chi connectivity index (χ2n) is 7.22. The highest BCUT2D eigenvalue weighted by Crippen LogP contribution is 2.21. The predicted molar refractivity (Wildman–Crippen MR) is 109 cm³/mol. The molecule has 9 nitrogen and oxygen atoms in total. The van der Waals surface area contributed by atoms with Crippen LogP contribution in [0.5, 0.6) is 0 Å². The number of aromatic amines is 1. The van der Waals surface area contributed by atoms with Crippen LogP contribution in [0.3, 0.4) is 0 Å². The van der Waals surface area contributed by atoms with E-state index in [1.165, 1.54) is 6.92 Å². The number of hydrazine groups is 1. The van der Waals surface area contributed by atoms with E-state index in [-0.39, 0.29) is 18.8 Å². The maximum atomic E-state index is 12.6. The number of nitrogens with two attached hydrogens (primary N) is 2. The second-order valence-corrected chi connectivity index (χ2v) is 7.22. The van der Waals surface area contributed by atoms with Crippen molar-refractivity contribution in [3.05, 3.63) is 41.5 Å². The van der Waals surface area contributed by atoms with Gasteiger partial charge in [-0.25, -0.2) is 19.6 Å². The molecule has 1 atom stereocenters. The van der Waals surface area contributed by atoms with Crippen molar-refractivity contribution < 1.29 is 31.5 Å². The van der Waals surface area contributed by atoms with Crippen molar-refractivity contribution in [1.29, 1.82) is 0 Å². The van der Waals surface area contributed by atoms with Crippen molar-refractivity contribution >= 4 is 22.8 Å². The number of nitrogens with zero attached hydrogens (tertiary/aromatic N) is 2. The number of amides is 2. The molecule has 7 N–H and O–H groups in total. The lowest BCUT2D eigenvalue weighted by atomic mass is 10.2. The molecule has 0 aliphatic heterocycles. The van der Waals surface area contributed by atoms with Crippen molar-refractivity contribution in [1.82, 2.24) is 25.6 Å². The first-order valence-electron chi connectivity index (χ1n) is 9.73. The van der Waals surface area contributed by atoms with E-state index in [4.69, 9.17) is 11.6 Å². The quantitative estimate of drug-likeness (QED) is 0.153. The number of nitrogens with one attached hydrogen (secondary N) is 3. The number of H-pyrrole nitrogens is 1. The lowest BCUT2D eigenvalue weighted by Crippen LogP contribution is -2.41. The van der Waals surface area contributed by atoms with Crippen molar-refractivity contribution in [2.24, 2.45) is 11.6 Å². The Morgan fingerprint density at radius 2 is 1.94 bits per heavy atom. The van der Waals surface area contributed by atoms with Crippen LogP contribution in [0.1, 0.15) is 31.2 Å². The van der Waals surface area contributed by atoms with Gasteiger partial charge in [0.05, 0.1) is 24.0 Å². The Hall–Kier alpha value is -3.42. The Balaban J connectivity index is 1.92. The van der Waals surface area contributed by atoms with Crippen LogP contribution in [0.25, 0.3) is 11.0 Å². The van der Waals surface area contributed by atoms with Crippen LogP contribution in [-0.2, 0) is 22.7 Å². The molecule has 33 heavy (non-hydrogen) atoms. The Labute approximate surface area is 185 Å². The van der Waals surface area contributed by atoms with Gasteiger partial charge in [0.1, 0.15) is 17.6 Å². The first-order valence-corrected chi connectivity index (χ1v) is 9.73. The number of hydrogen-bond donors (Lipinski definition) is 5. The van der Waals surface area contributed by atoms with Crippen LogP contribution in [0.15, 0.2) is 30.1 Å². The summed E-state index contributed by atoms with van der Waals surface area (Å²) in [6, 6.07) is 3.61. The summed E-state index contributed by atoms with van der Waals surface area (Å²) in [5, 5.41) is 5.53. The molecule has 0 saturated carbocycles. The lowest BCUT2D eigenvalue weighted by Gasteiger charge is -2.21. The van der Waals surface area contributed by atoms with E-state index in [1.54, 1.807) is 18.2 Å². The third-order valence-electron chi connectivity index (χ3n) is 4.52. The summed E-state index contributed by atoms with van der Waals surface area (Å²) < 4.78 is 61.8. The summed E-state index contributed by atoms with van der Waals surface area (Å²) in [5.41, 5.74) is 6.96. The van der Waals surface area contributed by atoms with E-state index in [2.05, 4.69) is 20.6 Å². The summed E-state index contributed by atoms with van der Waals surface area (Å²) in [4.78, 5) is 30.8. The number of halogens is 5. The largest absolute Gasteiger partial charge is 0.393 e. The molecular formula is C19H24F5N7O2. The third kappa shape index (κ3) is 8.21. The lowest BCUT2D eigenvalue weighted by molar-refractivity contribution is -0.144. The fourth-order valence-corrected chi connectivity index (χ4v) is 2.58. The normalized spacial score (nSPS) is 13.3. The molecule has 1 aromatic carbocycles. The number of carbonyl (C=O) groups excluding carboxylic acids is 2. The second kappa shape index (κ2) is 10.9. The van der Waals surface area contributed by atoms with Crippen LogP contribution in [0.4, 0.5) is 22.0 Å². The molecule has 0 aliphatic carbocycles. The zero-order valence-corrected chi connectivity index (χ0v) is 17.5. The first kappa shape index (κ1) is 25.8. The van der Waals surface area contributed by atoms with E-state index < -0.39 is 43.3 Å². The highest BCUT2D eigenvalue weighted by Gasteiger charge is 2.27. The maximum absolute atomic E-state index is 12.6. The van der Waals surface area contributed by atoms with Gasteiger partial charge in [-0.05, 0) is 24.6 Å². The number of benzene rings is 1. The summed E-state index contributed by atoms with van der Waals surface area (Å²) >= 11 is 0. The molecule has 0 aliphatic rings.